The van der Waals surface area contributed by atoms with Crippen molar-refractivity contribution in [3.05, 3.63) is 18.0 Å². The molecule has 1 aromatic rings. The maximum atomic E-state index is 11.3. The summed E-state index contributed by atoms with van der Waals surface area (Å²) in [5, 5.41) is 6.68. The van der Waals surface area contributed by atoms with Gasteiger partial charge in [-0.1, -0.05) is 0 Å². The maximum Gasteiger partial charge on any atom is 0.254 e. The van der Waals surface area contributed by atoms with Gasteiger partial charge in [0.1, 0.15) is 0 Å². The molecule has 4 heteroatoms. The number of nitrogens with one attached hydrogen (secondary N) is 1. The molecule has 0 bridgehead atoms. The Kier molecular flexibility index (Phi) is 2.47. The van der Waals surface area contributed by atoms with Crippen LogP contribution < -0.4 is 5.32 Å². The summed E-state index contributed by atoms with van der Waals surface area (Å²) >= 11 is 0. The Morgan fingerprint density at radius 1 is 1.67 bits per heavy atom. The van der Waals surface area contributed by atoms with Crippen molar-refractivity contribution in [3.63, 3.8) is 0 Å². The largest absolute Gasteiger partial charge is 0.350 e. The van der Waals surface area contributed by atoms with Crippen molar-refractivity contribution in [1.82, 2.24) is 15.1 Å². The summed E-state index contributed by atoms with van der Waals surface area (Å²) in [4.78, 5) is 11.3. The van der Waals surface area contributed by atoms with Gasteiger partial charge in [0, 0.05) is 19.3 Å². The molecule has 0 spiro atoms. The standard InChI is InChI=1S/C8H13N3O/c1-6(2)10-8(12)7-4-9-11(3)5-7/h4-6H,1-3H3,(H,10,12). The number of carbonyl (C=O) groups is 1. The number of nitrogens with zero attached hydrogens (tertiary/aromatic N) is 2. The monoisotopic (exact) mass is 167 g/mol. The van der Waals surface area contributed by atoms with Crippen LogP contribution in [0.5, 0.6) is 0 Å². The summed E-state index contributed by atoms with van der Waals surface area (Å²) in [5.74, 6) is -0.0712. The lowest BCUT2D eigenvalue weighted by atomic mass is 10.3. The van der Waals surface area contributed by atoms with Crippen LogP contribution in [-0.4, -0.2) is 21.7 Å². The highest BCUT2D eigenvalue weighted by atomic mass is 16.1. The molecule has 0 aromatic carbocycles. The van der Waals surface area contributed by atoms with E-state index in [-0.39, 0.29) is 11.9 Å². The molecule has 1 N–H and O–H groups in total. The van der Waals surface area contributed by atoms with Crippen LogP contribution in [-0.2, 0) is 7.05 Å². The summed E-state index contributed by atoms with van der Waals surface area (Å²) in [6.07, 6.45) is 3.25. The van der Waals surface area contributed by atoms with Crippen molar-refractivity contribution in [2.24, 2.45) is 7.05 Å². The van der Waals surface area contributed by atoms with Crippen LogP contribution in [0.4, 0.5) is 0 Å². The van der Waals surface area contributed by atoms with Crippen LogP contribution in [0.2, 0.25) is 0 Å². The molecule has 1 aromatic heterocycles. The molecule has 0 unspecified atom stereocenters. The van der Waals surface area contributed by atoms with Gasteiger partial charge < -0.3 is 5.32 Å². The highest BCUT2D eigenvalue weighted by Gasteiger charge is 2.07. The minimum atomic E-state index is -0.0712. The van der Waals surface area contributed by atoms with Gasteiger partial charge in [0.15, 0.2) is 0 Å². The zero-order chi connectivity index (χ0) is 9.14. The zero-order valence-corrected chi connectivity index (χ0v) is 7.53. The summed E-state index contributed by atoms with van der Waals surface area (Å²) in [6, 6.07) is 0.165. The van der Waals surface area contributed by atoms with Crippen LogP contribution in [0.1, 0.15) is 24.2 Å². The number of carbonyl (C=O) groups excluding carboxylic acids is 1. The molecular formula is C8H13N3O. The topological polar surface area (TPSA) is 46.9 Å². The number of hydrogen-bond acceptors (Lipinski definition) is 2. The molecule has 1 rings (SSSR count). The highest BCUT2D eigenvalue weighted by Crippen LogP contribution is 1.96. The molecule has 0 aliphatic carbocycles. The number of aromatic nitrogens is 2. The minimum absolute atomic E-state index is 0.0712. The van der Waals surface area contributed by atoms with E-state index in [0.29, 0.717) is 5.56 Å². The molecule has 0 fully saturated rings. The Bertz CT molecular complexity index is 278. The predicted molar refractivity (Wildman–Crippen MR) is 45.8 cm³/mol. The molecule has 1 amide bonds. The first-order valence-electron chi connectivity index (χ1n) is 3.89. The normalized spacial score (nSPS) is 10.3. The lowest BCUT2D eigenvalue weighted by molar-refractivity contribution is 0.0943. The molecule has 66 valence electrons. The van der Waals surface area contributed by atoms with Crippen LogP contribution in [0.25, 0.3) is 0 Å². The number of hydrogen-bond donors (Lipinski definition) is 1. The van der Waals surface area contributed by atoms with Crippen LogP contribution >= 0.6 is 0 Å². The van der Waals surface area contributed by atoms with Gasteiger partial charge in [-0.25, -0.2) is 0 Å². The van der Waals surface area contributed by atoms with E-state index in [1.165, 1.54) is 0 Å². The molecule has 0 saturated carbocycles. The molecule has 4 nitrogen and oxygen atoms in total. The molecule has 0 aliphatic rings. The minimum Gasteiger partial charge on any atom is -0.350 e. The molecular weight excluding hydrogens is 154 g/mol. The summed E-state index contributed by atoms with van der Waals surface area (Å²) in [5.41, 5.74) is 0.603. The Morgan fingerprint density at radius 3 is 2.75 bits per heavy atom. The maximum absolute atomic E-state index is 11.3. The van der Waals surface area contributed by atoms with Crippen molar-refractivity contribution in [2.45, 2.75) is 19.9 Å². The first-order chi connectivity index (χ1) is 5.59. The van der Waals surface area contributed by atoms with E-state index in [2.05, 4.69) is 10.4 Å². The van der Waals surface area contributed by atoms with E-state index in [0.717, 1.165) is 0 Å². The first kappa shape index (κ1) is 8.77. The lowest BCUT2D eigenvalue weighted by Crippen LogP contribution is -2.29. The summed E-state index contributed by atoms with van der Waals surface area (Å²) in [6.45, 7) is 3.85. The van der Waals surface area contributed by atoms with Crippen molar-refractivity contribution >= 4 is 5.91 Å². The second-order valence-corrected chi connectivity index (χ2v) is 3.03. The van der Waals surface area contributed by atoms with E-state index < -0.39 is 0 Å². The molecule has 0 aliphatic heterocycles. The molecule has 0 radical (unpaired) electrons. The van der Waals surface area contributed by atoms with Crippen molar-refractivity contribution < 1.29 is 4.79 Å². The van der Waals surface area contributed by atoms with Crippen molar-refractivity contribution in [1.29, 1.82) is 0 Å². The van der Waals surface area contributed by atoms with Gasteiger partial charge in [0.25, 0.3) is 5.91 Å². The predicted octanol–water partition coefficient (Wildman–Crippen LogP) is 0.558. The Hall–Kier alpha value is -1.32. The van der Waals surface area contributed by atoms with Gasteiger partial charge >= 0.3 is 0 Å². The number of amides is 1. The molecule has 1 heterocycles. The fourth-order valence-electron chi connectivity index (χ4n) is 0.884. The van der Waals surface area contributed by atoms with Gasteiger partial charge in [-0.3, -0.25) is 9.48 Å². The Balaban J connectivity index is 2.65. The van der Waals surface area contributed by atoms with Crippen LogP contribution in [0.15, 0.2) is 12.4 Å². The quantitative estimate of drug-likeness (QED) is 0.699. The zero-order valence-electron chi connectivity index (χ0n) is 7.53. The van der Waals surface area contributed by atoms with E-state index in [9.17, 15) is 4.79 Å². The van der Waals surface area contributed by atoms with Crippen molar-refractivity contribution in [2.75, 3.05) is 0 Å². The first-order valence-corrected chi connectivity index (χ1v) is 3.89. The number of rotatable bonds is 2. The lowest BCUT2D eigenvalue weighted by Gasteiger charge is -2.05. The summed E-state index contributed by atoms with van der Waals surface area (Å²) < 4.78 is 1.61. The van der Waals surface area contributed by atoms with E-state index in [1.54, 1.807) is 24.1 Å². The molecule has 12 heavy (non-hydrogen) atoms. The summed E-state index contributed by atoms with van der Waals surface area (Å²) in [7, 11) is 1.78. The smallest absolute Gasteiger partial charge is 0.254 e. The van der Waals surface area contributed by atoms with E-state index in [1.807, 2.05) is 13.8 Å². The fraction of sp³-hybridized carbons (Fsp3) is 0.500. The third-order valence-corrected chi connectivity index (χ3v) is 1.39. The van der Waals surface area contributed by atoms with Crippen molar-refractivity contribution in [3.8, 4) is 0 Å². The van der Waals surface area contributed by atoms with Crippen LogP contribution in [0.3, 0.4) is 0 Å². The van der Waals surface area contributed by atoms with Gasteiger partial charge in [0.2, 0.25) is 0 Å². The SMILES string of the molecule is CC(C)NC(=O)c1cnn(C)c1. The van der Waals surface area contributed by atoms with Crippen LogP contribution in [0, 0.1) is 0 Å². The van der Waals surface area contributed by atoms with E-state index in [4.69, 9.17) is 0 Å². The average Bonchev–Trinajstić information content (AvgIpc) is 2.34. The third-order valence-electron chi connectivity index (χ3n) is 1.39. The molecule has 0 atom stereocenters. The second-order valence-electron chi connectivity index (χ2n) is 3.03. The van der Waals surface area contributed by atoms with Gasteiger partial charge in [-0.05, 0) is 13.8 Å². The number of aryl methyl sites for hydroxylation is 1. The molecule has 0 saturated heterocycles. The van der Waals surface area contributed by atoms with Gasteiger partial charge in [0.05, 0.1) is 11.8 Å². The van der Waals surface area contributed by atoms with Gasteiger partial charge in [-0.15, -0.1) is 0 Å². The average molecular weight is 167 g/mol. The fourth-order valence-corrected chi connectivity index (χ4v) is 0.884. The highest BCUT2D eigenvalue weighted by molar-refractivity contribution is 5.93. The Morgan fingerprint density at radius 2 is 2.33 bits per heavy atom. The van der Waals surface area contributed by atoms with Gasteiger partial charge in [-0.2, -0.15) is 5.10 Å². The third kappa shape index (κ3) is 2.08. The Labute approximate surface area is 71.6 Å². The second kappa shape index (κ2) is 3.38. The van der Waals surface area contributed by atoms with E-state index >= 15 is 0 Å².